The Hall–Kier alpha value is -2.82. The minimum atomic E-state index is -1.07. The number of halogens is 1. The number of aliphatic imine (C=N–C) groups is 1. The van der Waals surface area contributed by atoms with E-state index < -0.39 is 23.2 Å². The summed E-state index contributed by atoms with van der Waals surface area (Å²) in [5.41, 5.74) is -0.126. The Balaban J connectivity index is 2.23. The molecule has 0 amide bonds. The van der Waals surface area contributed by atoms with Crippen LogP contribution in [0.4, 0.5) is 4.39 Å². The molecule has 0 saturated carbocycles. The zero-order valence-electron chi connectivity index (χ0n) is 12.5. The Bertz CT molecular complexity index is 760. The van der Waals surface area contributed by atoms with Crippen LogP contribution in [0.15, 0.2) is 65.9 Å². The average molecular weight is 310 g/mol. The van der Waals surface area contributed by atoms with E-state index in [2.05, 4.69) is 9.98 Å². The lowest BCUT2D eigenvalue weighted by Crippen LogP contribution is -2.35. The van der Waals surface area contributed by atoms with Crippen LogP contribution in [0, 0.1) is 5.82 Å². The smallest absolute Gasteiger partial charge is 0.316 e. The minimum absolute atomic E-state index is 0.243. The number of carbonyl (C=O) groups is 1. The van der Waals surface area contributed by atoms with Gasteiger partial charge in [0.2, 0.25) is 0 Å². The van der Waals surface area contributed by atoms with Gasteiger partial charge in [0.15, 0.2) is 0 Å². The Labute approximate surface area is 133 Å². The predicted octanol–water partition coefficient (Wildman–Crippen LogP) is 3.01. The van der Waals surface area contributed by atoms with Crippen LogP contribution in [0.5, 0.6) is 0 Å². The van der Waals surface area contributed by atoms with Gasteiger partial charge in [-0.05, 0) is 24.3 Å². The van der Waals surface area contributed by atoms with E-state index in [-0.39, 0.29) is 5.56 Å². The second-order valence-corrected chi connectivity index (χ2v) is 5.18. The highest BCUT2D eigenvalue weighted by Gasteiger charge is 2.46. The van der Waals surface area contributed by atoms with Gasteiger partial charge in [-0.3, -0.25) is 14.8 Å². The molecule has 0 bridgehead atoms. The first-order chi connectivity index (χ1) is 11.2. The van der Waals surface area contributed by atoms with Crippen LogP contribution in [0.2, 0.25) is 0 Å². The first-order valence-corrected chi connectivity index (χ1v) is 7.15. The van der Waals surface area contributed by atoms with Crippen molar-refractivity contribution in [2.75, 3.05) is 7.11 Å². The molecule has 116 valence electrons. The van der Waals surface area contributed by atoms with Gasteiger partial charge in [0.1, 0.15) is 17.3 Å². The molecule has 2 heterocycles. The largest absolute Gasteiger partial charge is 0.468 e. The second-order valence-electron chi connectivity index (χ2n) is 5.18. The van der Waals surface area contributed by atoms with Crippen LogP contribution >= 0.6 is 0 Å². The van der Waals surface area contributed by atoms with Crippen LogP contribution in [-0.4, -0.2) is 24.3 Å². The summed E-state index contributed by atoms with van der Waals surface area (Å²) in [6.45, 7) is 0. The second kappa shape index (κ2) is 6.12. The minimum Gasteiger partial charge on any atom is -0.468 e. The van der Waals surface area contributed by atoms with E-state index in [0.717, 1.165) is 0 Å². The predicted molar refractivity (Wildman–Crippen MR) is 84.7 cm³/mol. The van der Waals surface area contributed by atoms with Gasteiger partial charge in [0.05, 0.1) is 7.11 Å². The zero-order valence-corrected chi connectivity index (χ0v) is 12.5. The lowest BCUT2D eigenvalue weighted by atomic mass is 9.75. The Morgan fingerprint density at radius 2 is 2.09 bits per heavy atom. The zero-order chi connectivity index (χ0) is 16.3. The molecule has 2 atom stereocenters. The highest BCUT2D eigenvalue weighted by atomic mass is 19.1. The fraction of sp³-hybridized carbons (Fsp3) is 0.167. The number of nitrogens with zero attached hydrogens (tertiary/aromatic N) is 2. The molecule has 0 N–H and O–H groups in total. The van der Waals surface area contributed by atoms with Gasteiger partial charge in [-0.1, -0.05) is 24.3 Å². The molecule has 0 fully saturated rings. The number of aromatic nitrogens is 1. The van der Waals surface area contributed by atoms with Crippen molar-refractivity contribution >= 4 is 12.2 Å². The van der Waals surface area contributed by atoms with Crippen molar-refractivity contribution in [1.82, 2.24) is 4.98 Å². The van der Waals surface area contributed by atoms with Crippen LogP contribution in [-0.2, 0) is 15.1 Å². The first kappa shape index (κ1) is 15.1. The van der Waals surface area contributed by atoms with E-state index in [9.17, 15) is 9.18 Å². The standard InChI is InChI=1S/C18H15FN2O2/c1-23-17(22)16(14-7-2-3-8-15(14)19)18(9-5-11-21-18)13-6-4-10-20-12-13/h2-12,16H,1H3. The molecule has 0 aliphatic carbocycles. The van der Waals surface area contributed by atoms with Crippen molar-refractivity contribution in [2.24, 2.45) is 4.99 Å². The number of rotatable bonds is 4. The summed E-state index contributed by atoms with van der Waals surface area (Å²) in [5, 5.41) is 0. The number of ether oxygens (including phenoxy) is 1. The van der Waals surface area contributed by atoms with E-state index in [1.54, 1.807) is 55.0 Å². The van der Waals surface area contributed by atoms with E-state index in [4.69, 9.17) is 4.74 Å². The van der Waals surface area contributed by atoms with Crippen molar-refractivity contribution in [2.45, 2.75) is 11.5 Å². The molecule has 1 aliphatic rings. The quantitative estimate of drug-likeness (QED) is 0.816. The summed E-state index contributed by atoms with van der Waals surface area (Å²) in [5.74, 6) is -1.96. The summed E-state index contributed by atoms with van der Waals surface area (Å²) in [6, 6.07) is 9.75. The highest BCUT2D eigenvalue weighted by Crippen LogP contribution is 2.44. The number of hydrogen-bond acceptors (Lipinski definition) is 4. The molecule has 2 unspecified atom stereocenters. The number of carbonyl (C=O) groups excluding carboxylic acids is 1. The molecule has 1 aromatic heterocycles. The molecular formula is C18H15FN2O2. The highest BCUT2D eigenvalue weighted by molar-refractivity contribution is 5.85. The number of methoxy groups -OCH3 is 1. The average Bonchev–Trinajstić information content (AvgIpc) is 3.08. The molecule has 2 aromatic rings. The van der Waals surface area contributed by atoms with Crippen molar-refractivity contribution in [3.05, 3.63) is 77.9 Å². The molecule has 5 heteroatoms. The van der Waals surface area contributed by atoms with Gasteiger partial charge >= 0.3 is 5.97 Å². The van der Waals surface area contributed by atoms with Crippen LogP contribution in [0.3, 0.4) is 0 Å². The van der Waals surface area contributed by atoms with Crippen molar-refractivity contribution < 1.29 is 13.9 Å². The normalized spacial score (nSPS) is 20.4. The summed E-state index contributed by atoms with van der Waals surface area (Å²) < 4.78 is 19.3. The molecule has 3 rings (SSSR count). The summed E-state index contributed by atoms with van der Waals surface area (Å²) in [7, 11) is 1.29. The van der Waals surface area contributed by atoms with Crippen molar-refractivity contribution in [3.8, 4) is 0 Å². The monoisotopic (exact) mass is 310 g/mol. The third-order valence-corrected chi connectivity index (χ3v) is 3.94. The Morgan fingerprint density at radius 1 is 1.26 bits per heavy atom. The third-order valence-electron chi connectivity index (χ3n) is 3.94. The maximum Gasteiger partial charge on any atom is 0.316 e. The first-order valence-electron chi connectivity index (χ1n) is 7.15. The Morgan fingerprint density at radius 3 is 2.70 bits per heavy atom. The maximum absolute atomic E-state index is 14.4. The summed E-state index contributed by atoms with van der Waals surface area (Å²) in [6.07, 6.45) is 8.38. The van der Waals surface area contributed by atoms with Crippen molar-refractivity contribution in [1.29, 1.82) is 0 Å². The Kier molecular flexibility index (Phi) is 4.02. The number of esters is 1. The molecule has 1 aliphatic heterocycles. The van der Waals surface area contributed by atoms with Crippen molar-refractivity contribution in [3.63, 3.8) is 0 Å². The fourth-order valence-electron chi connectivity index (χ4n) is 2.88. The van der Waals surface area contributed by atoms with Crippen LogP contribution < -0.4 is 0 Å². The van der Waals surface area contributed by atoms with Crippen LogP contribution in [0.1, 0.15) is 17.0 Å². The molecule has 23 heavy (non-hydrogen) atoms. The van der Waals surface area contributed by atoms with Gasteiger partial charge in [-0.25, -0.2) is 4.39 Å². The third kappa shape index (κ3) is 2.54. The lowest BCUT2D eigenvalue weighted by Gasteiger charge is -2.32. The van der Waals surface area contributed by atoms with Crippen LogP contribution in [0.25, 0.3) is 0 Å². The molecule has 4 nitrogen and oxygen atoms in total. The van der Waals surface area contributed by atoms with Gasteiger partial charge in [-0.15, -0.1) is 0 Å². The number of pyridine rings is 1. The van der Waals surface area contributed by atoms with E-state index in [0.29, 0.717) is 5.56 Å². The van der Waals surface area contributed by atoms with Gasteiger partial charge < -0.3 is 4.74 Å². The molecule has 0 radical (unpaired) electrons. The number of hydrogen-bond donors (Lipinski definition) is 0. The lowest BCUT2D eigenvalue weighted by molar-refractivity contribution is -0.143. The van der Waals surface area contributed by atoms with Gasteiger partial charge in [-0.2, -0.15) is 0 Å². The molecular weight excluding hydrogens is 295 g/mol. The molecule has 1 aromatic carbocycles. The summed E-state index contributed by atoms with van der Waals surface area (Å²) in [4.78, 5) is 21.1. The number of allylic oxidation sites excluding steroid dienone is 1. The van der Waals surface area contributed by atoms with Gasteiger partial charge in [0, 0.05) is 29.7 Å². The van der Waals surface area contributed by atoms with Gasteiger partial charge in [0.25, 0.3) is 0 Å². The van der Waals surface area contributed by atoms with E-state index >= 15 is 0 Å². The van der Waals surface area contributed by atoms with E-state index in [1.165, 1.54) is 13.2 Å². The number of benzene rings is 1. The SMILES string of the molecule is COC(=O)C(c1ccccc1F)C1(c2cccnc2)C=CC=N1. The summed E-state index contributed by atoms with van der Waals surface area (Å²) >= 11 is 0. The maximum atomic E-state index is 14.4. The fourth-order valence-corrected chi connectivity index (χ4v) is 2.88. The van der Waals surface area contributed by atoms with E-state index in [1.807, 2.05) is 6.07 Å². The molecule has 0 saturated heterocycles. The topological polar surface area (TPSA) is 51.5 Å². The molecule has 0 spiro atoms.